The summed E-state index contributed by atoms with van der Waals surface area (Å²) >= 11 is 0. The average Bonchev–Trinajstić information content (AvgIpc) is 2.67. The van der Waals surface area contributed by atoms with E-state index in [2.05, 4.69) is 15.6 Å². The second-order valence-electron chi connectivity index (χ2n) is 6.57. The smallest absolute Gasteiger partial charge is 0.312 e. The monoisotopic (exact) mass is 425 g/mol. The molecule has 10 heteroatoms. The lowest BCUT2D eigenvalue weighted by Gasteiger charge is -2.14. The highest BCUT2D eigenvalue weighted by atomic mass is 16.5. The van der Waals surface area contributed by atoms with E-state index in [1.165, 1.54) is 6.07 Å². The van der Waals surface area contributed by atoms with E-state index < -0.39 is 36.6 Å². The van der Waals surface area contributed by atoms with E-state index in [0.29, 0.717) is 45.5 Å². The molecule has 3 rings (SSSR count). The Bertz CT molecular complexity index is 1210. The van der Waals surface area contributed by atoms with Gasteiger partial charge >= 0.3 is 11.9 Å². The fraction of sp³-hybridized carbons (Fsp3) is 0.190. The number of aromatic nitrogens is 1. The van der Waals surface area contributed by atoms with Gasteiger partial charge in [-0.2, -0.15) is 0 Å². The minimum atomic E-state index is -1.28. The van der Waals surface area contributed by atoms with Crippen molar-refractivity contribution in [3.63, 3.8) is 0 Å². The summed E-state index contributed by atoms with van der Waals surface area (Å²) in [6, 6.07) is 9.78. The van der Waals surface area contributed by atoms with Crippen LogP contribution >= 0.6 is 0 Å². The number of aliphatic carboxylic acids is 2. The lowest BCUT2D eigenvalue weighted by molar-refractivity contribution is -0.141. The number of carbonyl (C=O) groups is 4. The molecule has 2 amide bonds. The first-order valence-corrected chi connectivity index (χ1v) is 9.30. The van der Waals surface area contributed by atoms with Crippen molar-refractivity contribution < 1.29 is 34.1 Å². The third-order valence-corrected chi connectivity index (χ3v) is 4.23. The summed E-state index contributed by atoms with van der Waals surface area (Å²) in [5.74, 6) is -3.39. The Labute approximate surface area is 175 Å². The Morgan fingerprint density at radius 3 is 2.19 bits per heavy atom. The summed E-state index contributed by atoms with van der Waals surface area (Å²) in [6.45, 7) is 2.30. The molecule has 0 spiro atoms. The largest absolute Gasteiger partial charge is 0.494 e. The van der Waals surface area contributed by atoms with Crippen molar-refractivity contribution in [2.45, 2.75) is 19.8 Å². The van der Waals surface area contributed by atoms with E-state index in [-0.39, 0.29) is 0 Å². The van der Waals surface area contributed by atoms with Crippen LogP contribution in [-0.2, 0) is 19.2 Å². The summed E-state index contributed by atoms with van der Waals surface area (Å²) in [5.41, 5.74) is 1.62. The maximum atomic E-state index is 12.2. The molecule has 0 aliphatic rings. The van der Waals surface area contributed by atoms with Crippen molar-refractivity contribution in [3.8, 4) is 5.75 Å². The summed E-state index contributed by atoms with van der Waals surface area (Å²) < 4.78 is 5.49. The molecule has 0 aliphatic heterocycles. The Balaban J connectivity index is 2.12. The number of anilines is 2. The van der Waals surface area contributed by atoms with Gasteiger partial charge in [-0.25, -0.2) is 4.98 Å². The maximum absolute atomic E-state index is 12.2. The van der Waals surface area contributed by atoms with Crippen LogP contribution in [0.2, 0.25) is 0 Å². The number of pyridine rings is 1. The van der Waals surface area contributed by atoms with Crippen LogP contribution < -0.4 is 15.4 Å². The van der Waals surface area contributed by atoms with Crippen molar-refractivity contribution in [2.24, 2.45) is 0 Å². The van der Waals surface area contributed by atoms with E-state index >= 15 is 0 Å². The summed E-state index contributed by atoms with van der Waals surface area (Å²) in [5, 5.41) is 23.8. The highest BCUT2D eigenvalue weighted by Crippen LogP contribution is 2.34. The average molecular weight is 425 g/mol. The summed E-state index contributed by atoms with van der Waals surface area (Å²) in [6.07, 6.45) is -1.42. The van der Waals surface area contributed by atoms with Crippen molar-refractivity contribution in [2.75, 3.05) is 17.2 Å². The first kappa shape index (κ1) is 21.5. The molecule has 10 nitrogen and oxygen atoms in total. The summed E-state index contributed by atoms with van der Waals surface area (Å²) in [7, 11) is 0. The molecule has 0 aliphatic carbocycles. The number of benzene rings is 2. The molecule has 31 heavy (non-hydrogen) atoms. The van der Waals surface area contributed by atoms with Crippen LogP contribution in [0.4, 0.5) is 11.4 Å². The second-order valence-corrected chi connectivity index (χ2v) is 6.57. The molecule has 1 heterocycles. The molecule has 2 aromatic carbocycles. The fourth-order valence-electron chi connectivity index (χ4n) is 3.06. The number of nitrogens with zero attached hydrogens (tertiary/aromatic N) is 1. The Morgan fingerprint density at radius 2 is 1.55 bits per heavy atom. The highest BCUT2D eigenvalue weighted by molar-refractivity contribution is 6.15. The molecule has 160 valence electrons. The van der Waals surface area contributed by atoms with Gasteiger partial charge in [0.15, 0.2) is 0 Å². The van der Waals surface area contributed by atoms with Gasteiger partial charge in [0.2, 0.25) is 11.8 Å². The normalized spacial score (nSPS) is 10.6. The topological polar surface area (TPSA) is 155 Å². The molecule has 0 saturated carbocycles. The highest BCUT2D eigenvalue weighted by Gasteiger charge is 2.16. The number of hydrogen-bond donors (Lipinski definition) is 4. The van der Waals surface area contributed by atoms with E-state index in [9.17, 15) is 19.2 Å². The molecule has 0 bridgehead atoms. The van der Waals surface area contributed by atoms with E-state index in [1.54, 1.807) is 30.3 Å². The lowest BCUT2D eigenvalue weighted by Crippen LogP contribution is -2.17. The quantitative estimate of drug-likeness (QED) is 0.317. The summed E-state index contributed by atoms with van der Waals surface area (Å²) in [4.78, 5) is 50.2. The minimum absolute atomic E-state index is 0.305. The molecule has 0 saturated heterocycles. The molecular formula is C21H19N3O7. The van der Waals surface area contributed by atoms with Crippen LogP contribution in [-0.4, -0.2) is 45.6 Å². The van der Waals surface area contributed by atoms with Gasteiger partial charge in [-0.3, -0.25) is 19.2 Å². The Kier molecular flexibility index (Phi) is 6.29. The Morgan fingerprint density at radius 1 is 0.871 bits per heavy atom. The van der Waals surface area contributed by atoms with Crippen LogP contribution in [0, 0.1) is 0 Å². The number of nitrogens with one attached hydrogen (secondary N) is 2. The SMILES string of the molecule is CCOc1ccc2c(NC(=O)CC(=O)O)c3cc(NC(=O)CC(=O)O)ccc3nc2c1. The van der Waals surface area contributed by atoms with Crippen molar-refractivity contribution >= 4 is 56.9 Å². The van der Waals surface area contributed by atoms with Gasteiger partial charge in [-0.1, -0.05) is 0 Å². The van der Waals surface area contributed by atoms with Gasteiger partial charge in [-0.05, 0) is 37.3 Å². The number of rotatable bonds is 8. The van der Waals surface area contributed by atoms with Crippen LogP contribution in [0.3, 0.4) is 0 Å². The molecule has 4 N–H and O–H groups in total. The molecule has 0 radical (unpaired) electrons. The maximum Gasteiger partial charge on any atom is 0.312 e. The zero-order valence-electron chi connectivity index (χ0n) is 16.5. The predicted molar refractivity (Wildman–Crippen MR) is 112 cm³/mol. The van der Waals surface area contributed by atoms with Gasteiger partial charge in [-0.15, -0.1) is 0 Å². The van der Waals surface area contributed by atoms with E-state index in [1.807, 2.05) is 6.92 Å². The number of amides is 2. The van der Waals surface area contributed by atoms with Crippen molar-refractivity contribution in [3.05, 3.63) is 36.4 Å². The van der Waals surface area contributed by atoms with Gasteiger partial charge in [0.1, 0.15) is 18.6 Å². The molecule has 0 unspecified atom stereocenters. The van der Waals surface area contributed by atoms with Gasteiger partial charge in [0, 0.05) is 22.5 Å². The van der Waals surface area contributed by atoms with Gasteiger partial charge < -0.3 is 25.6 Å². The number of carboxylic acid groups (broad SMARTS) is 2. The zero-order chi connectivity index (χ0) is 22.5. The number of ether oxygens (including phenoxy) is 1. The van der Waals surface area contributed by atoms with Crippen LogP contribution in [0.15, 0.2) is 36.4 Å². The molecule has 0 fully saturated rings. The molecule has 1 aromatic heterocycles. The van der Waals surface area contributed by atoms with E-state index in [0.717, 1.165) is 0 Å². The first-order chi connectivity index (χ1) is 14.8. The lowest BCUT2D eigenvalue weighted by atomic mass is 10.1. The van der Waals surface area contributed by atoms with Crippen molar-refractivity contribution in [1.29, 1.82) is 0 Å². The van der Waals surface area contributed by atoms with Gasteiger partial charge in [0.25, 0.3) is 0 Å². The number of hydrogen-bond acceptors (Lipinski definition) is 6. The van der Waals surface area contributed by atoms with Crippen molar-refractivity contribution in [1.82, 2.24) is 4.98 Å². The minimum Gasteiger partial charge on any atom is -0.494 e. The molecule has 0 atom stereocenters. The third-order valence-electron chi connectivity index (χ3n) is 4.23. The molecular weight excluding hydrogens is 406 g/mol. The number of fused-ring (bicyclic) bond motifs is 2. The fourth-order valence-corrected chi connectivity index (χ4v) is 3.06. The zero-order valence-corrected chi connectivity index (χ0v) is 16.5. The van der Waals surface area contributed by atoms with Crippen LogP contribution in [0.5, 0.6) is 5.75 Å². The van der Waals surface area contributed by atoms with Crippen LogP contribution in [0.1, 0.15) is 19.8 Å². The number of carboxylic acids is 2. The number of carbonyl (C=O) groups excluding carboxylic acids is 2. The second kappa shape index (κ2) is 9.08. The van der Waals surface area contributed by atoms with Gasteiger partial charge in [0.05, 0.1) is 23.3 Å². The standard InChI is InChI=1S/C21H19N3O7/c1-2-31-12-4-5-13-16(8-12)23-15-6-3-11(22-17(25)9-19(27)28)7-14(15)21(13)24-18(26)10-20(29)30/h3-8H,2,9-10H2,1H3,(H,22,25)(H,27,28)(H,29,30)(H,23,24,26). The third kappa shape index (κ3) is 5.24. The predicted octanol–water partition coefficient (Wildman–Crippen LogP) is 2.61. The first-order valence-electron chi connectivity index (χ1n) is 9.30. The van der Waals surface area contributed by atoms with Crippen LogP contribution in [0.25, 0.3) is 21.8 Å². The van der Waals surface area contributed by atoms with E-state index in [4.69, 9.17) is 14.9 Å². The Hall–Kier alpha value is -4.21. The molecule has 3 aromatic rings.